The number of ether oxygens (including phenoxy) is 1. The van der Waals surface area contributed by atoms with Gasteiger partial charge in [-0.05, 0) is 25.0 Å². The molecule has 0 aliphatic carbocycles. The number of amides is 1. The Balaban J connectivity index is 1.68. The highest BCUT2D eigenvalue weighted by atomic mass is 16.5. The third-order valence-corrected chi connectivity index (χ3v) is 4.08. The van der Waals surface area contributed by atoms with Crippen molar-refractivity contribution in [2.24, 2.45) is 7.05 Å². The van der Waals surface area contributed by atoms with Gasteiger partial charge in [0.15, 0.2) is 5.69 Å². The summed E-state index contributed by atoms with van der Waals surface area (Å²) in [6, 6.07) is 9.47. The maximum Gasteiger partial charge on any atom is 0.356 e. The Morgan fingerprint density at radius 1 is 1.26 bits per heavy atom. The molecule has 0 bridgehead atoms. The van der Waals surface area contributed by atoms with E-state index in [0.717, 1.165) is 5.56 Å². The summed E-state index contributed by atoms with van der Waals surface area (Å²) in [5, 5.41) is 11.1. The highest BCUT2D eigenvalue weighted by Gasteiger charge is 2.18. The summed E-state index contributed by atoms with van der Waals surface area (Å²) in [6.07, 6.45) is 3.32. The summed E-state index contributed by atoms with van der Waals surface area (Å²) < 4.78 is 8.02. The Labute approximate surface area is 156 Å². The molecule has 1 amide bonds. The highest BCUT2D eigenvalue weighted by Crippen LogP contribution is 2.13. The number of carbonyl (C=O) groups is 2. The highest BCUT2D eigenvalue weighted by molar-refractivity contribution is 6.04. The van der Waals surface area contributed by atoms with Crippen LogP contribution in [0, 0.1) is 6.92 Å². The largest absolute Gasteiger partial charge is 0.461 e. The van der Waals surface area contributed by atoms with Crippen molar-refractivity contribution in [2.75, 3.05) is 11.9 Å². The lowest BCUT2D eigenvalue weighted by molar-refractivity contribution is 0.0513. The summed E-state index contributed by atoms with van der Waals surface area (Å²) in [5.74, 6) is -0.936. The predicted molar refractivity (Wildman–Crippen MR) is 99.6 cm³/mol. The van der Waals surface area contributed by atoms with Crippen molar-refractivity contribution in [3.8, 4) is 0 Å². The first-order valence-corrected chi connectivity index (χ1v) is 8.57. The summed E-state index contributed by atoms with van der Waals surface area (Å²) in [5.41, 5.74) is 3.24. The molecule has 3 rings (SSSR count). The van der Waals surface area contributed by atoms with Gasteiger partial charge >= 0.3 is 5.97 Å². The van der Waals surface area contributed by atoms with Gasteiger partial charge in [-0.3, -0.25) is 14.2 Å². The van der Waals surface area contributed by atoms with Gasteiger partial charge in [0.1, 0.15) is 5.69 Å². The van der Waals surface area contributed by atoms with Crippen molar-refractivity contribution in [3.05, 3.63) is 65.2 Å². The topological polar surface area (TPSA) is 91.0 Å². The van der Waals surface area contributed by atoms with Crippen molar-refractivity contribution in [2.45, 2.75) is 20.4 Å². The zero-order valence-electron chi connectivity index (χ0n) is 15.5. The van der Waals surface area contributed by atoms with E-state index in [1.165, 1.54) is 16.3 Å². The number of aryl methyl sites for hydroxylation is 2. The number of benzene rings is 1. The number of aromatic nitrogens is 4. The van der Waals surface area contributed by atoms with Crippen LogP contribution in [-0.2, 0) is 18.3 Å². The van der Waals surface area contributed by atoms with Crippen LogP contribution in [0.5, 0.6) is 0 Å². The molecule has 0 aliphatic rings. The molecule has 0 saturated heterocycles. The van der Waals surface area contributed by atoms with Crippen LogP contribution >= 0.6 is 0 Å². The zero-order valence-corrected chi connectivity index (χ0v) is 15.5. The van der Waals surface area contributed by atoms with Gasteiger partial charge in [0.2, 0.25) is 0 Å². The van der Waals surface area contributed by atoms with E-state index in [2.05, 4.69) is 15.5 Å². The van der Waals surface area contributed by atoms with Crippen LogP contribution in [0.25, 0.3) is 0 Å². The Hall–Kier alpha value is -3.42. The third kappa shape index (κ3) is 4.22. The summed E-state index contributed by atoms with van der Waals surface area (Å²) in [6.45, 7) is 4.63. The molecule has 27 heavy (non-hydrogen) atoms. The van der Waals surface area contributed by atoms with E-state index in [1.807, 2.05) is 31.2 Å². The van der Waals surface area contributed by atoms with Crippen molar-refractivity contribution < 1.29 is 14.3 Å². The molecule has 0 aliphatic heterocycles. The molecule has 140 valence electrons. The molecular weight excluding hydrogens is 346 g/mol. The lowest BCUT2D eigenvalue weighted by atomic mass is 10.1. The summed E-state index contributed by atoms with van der Waals surface area (Å²) in [4.78, 5) is 24.2. The first kappa shape index (κ1) is 18.4. The van der Waals surface area contributed by atoms with E-state index in [9.17, 15) is 9.59 Å². The van der Waals surface area contributed by atoms with Crippen molar-refractivity contribution in [1.82, 2.24) is 19.6 Å². The third-order valence-electron chi connectivity index (χ3n) is 4.08. The van der Waals surface area contributed by atoms with Gasteiger partial charge in [-0.1, -0.05) is 24.3 Å². The maximum atomic E-state index is 12.4. The van der Waals surface area contributed by atoms with Crippen LogP contribution in [0.3, 0.4) is 0 Å². The van der Waals surface area contributed by atoms with Gasteiger partial charge in [-0.15, -0.1) is 0 Å². The van der Waals surface area contributed by atoms with Crippen molar-refractivity contribution >= 4 is 17.6 Å². The summed E-state index contributed by atoms with van der Waals surface area (Å²) >= 11 is 0. The van der Waals surface area contributed by atoms with Gasteiger partial charge < -0.3 is 10.1 Å². The number of carbonyl (C=O) groups excluding carboxylic acids is 2. The number of anilines is 1. The molecule has 0 fully saturated rings. The standard InChI is InChI=1S/C19H21N5O3/c1-4-27-19(26)17-9-16(22-23(17)3)18(25)21-15-10-20-24(12-15)11-14-8-6-5-7-13(14)2/h5-10,12H,4,11H2,1-3H3,(H,21,25). The molecule has 1 N–H and O–H groups in total. The lowest BCUT2D eigenvalue weighted by Crippen LogP contribution is -2.12. The normalized spacial score (nSPS) is 10.6. The molecule has 8 nitrogen and oxygen atoms in total. The average Bonchev–Trinajstić information content (AvgIpc) is 3.23. The van der Waals surface area contributed by atoms with E-state index >= 15 is 0 Å². The zero-order chi connectivity index (χ0) is 19.4. The van der Waals surface area contributed by atoms with Gasteiger partial charge in [0, 0.05) is 19.3 Å². The smallest absolute Gasteiger partial charge is 0.356 e. The minimum absolute atomic E-state index is 0.132. The molecular formula is C19H21N5O3. The quantitative estimate of drug-likeness (QED) is 0.676. The van der Waals surface area contributed by atoms with Gasteiger partial charge in [0.05, 0.1) is 25.0 Å². The number of hydrogen-bond donors (Lipinski definition) is 1. The molecule has 0 atom stereocenters. The number of nitrogens with one attached hydrogen (secondary N) is 1. The first-order chi connectivity index (χ1) is 13.0. The maximum absolute atomic E-state index is 12.4. The molecule has 8 heteroatoms. The molecule has 0 spiro atoms. The van der Waals surface area contributed by atoms with Crippen LogP contribution in [0.4, 0.5) is 5.69 Å². The fraction of sp³-hybridized carbons (Fsp3) is 0.263. The second kappa shape index (κ2) is 7.86. The lowest BCUT2D eigenvalue weighted by Gasteiger charge is -2.05. The van der Waals surface area contributed by atoms with Gasteiger partial charge in [0.25, 0.3) is 5.91 Å². The van der Waals surface area contributed by atoms with E-state index < -0.39 is 11.9 Å². The molecule has 0 saturated carbocycles. The molecule has 0 unspecified atom stereocenters. The van der Waals surface area contributed by atoms with Crippen molar-refractivity contribution in [3.63, 3.8) is 0 Å². The monoisotopic (exact) mass is 367 g/mol. The minimum atomic E-state index is -0.516. The van der Waals surface area contributed by atoms with Crippen molar-refractivity contribution in [1.29, 1.82) is 0 Å². The van der Waals surface area contributed by atoms with Crippen LogP contribution < -0.4 is 5.32 Å². The van der Waals surface area contributed by atoms with Gasteiger partial charge in [-0.2, -0.15) is 10.2 Å². The molecule has 2 aromatic heterocycles. The average molecular weight is 367 g/mol. The van der Waals surface area contributed by atoms with Gasteiger partial charge in [-0.25, -0.2) is 4.79 Å². The van der Waals surface area contributed by atoms with Crippen LogP contribution in [-0.4, -0.2) is 38.0 Å². The number of hydrogen-bond acceptors (Lipinski definition) is 5. The minimum Gasteiger partial charge on any atom is -0.461 e. The van der Waals surface area contributed by atoms with Crippen LogP contribution in [0.1, 0.15) is 39.0 Å². The van der Waals surface area contributed by atoms with E-state index in [-0.39, 0.29) is 18.0 Å². The Morgan fingerprint density at radius 2 is 2.04 bits per heavy atom. The number of esters is 1. The SMILES string of the molecule is CCOC(=O)c1cc(C(=O)Nc2cnn(Cc3ccccc3C)c2)nn1C. The molecule has 3 aromatic rings. The predicted octanol–water partition coefficient (Wildman–Crippen LogP) is 2.40. The Morgan fingerprint density at radius 3 is 2.78 bits per heavy atom. The summed E-state index contributed by atoms with van der Waals surface area (Å²) in [7, 11) is 1.59. The second-order valence-corrected chi connectivity index (χ2v) is 6.07. The van der Waals surface area contributed by atoms with Crippen LogP contribution in [0.15, 0.2) is 42.7 Å². The number of nitrogens with zero attached hydrogens (tertiary/aromatic N) is 4. The van der Waals surface area contributed by atoms with Crippen LogP contribution in [0.2, 0.25) is 0 Å². The second-order valence-electron chi connectivity index (χ2n) is 6.07. The Kier molecular flexibility index (Phi) is 5.35. The van der Waals surface area contributed by atoms with E-state index in [4.69, 9.17) is 4.74 Å². The van der Waals surface area contributed by atoms with E-state index in [0.29, 0.717) is 12.2 Å². The number of rotatable bonds is 6. The molecule has 0 radical (unpaired) electrons. The van der Waals surface area contributed by atoms with E-state index in [1.54, 1.807) is 31.0 Å². The molecule has 1 aromatic carbocycles. The first-order valence-electron chi connectivity index (χ1n) is 8.57. The Bertz CT molecular complexity index is 973. The fourth-order valence-electron chi connectivity index (χ4n) is 2.65. The fourth-order valence-corrected chi connectivity index (χ4v) is 2.65. The molecule has 2 heterocycles.